The Morgan fingerprint density at radius 2 is 1.70 bits per heavy atom. The summed E-state index contributed by atoms with van der Waals surface area (Å²) in [6.45, 7) is 4.30. The molecule has 1 aliphatic heterocycles. The van der Waals surface area contributed by atoms with Gasteiger partial charge in [0.05, 0.1) is 15.7 Å². The zero-order chi connectivity index (χ0) is 26.7. The lowest BCUT2D eigenvalue weighted by Crippen LogP contribution is -2.54. The number of nitrogens with zero attached hydrogens (tertiary/aromatic N) is 1. The van der Waals surface area contributed by atoms with Crippen LogP contribution in [0, 0.1) is 0 Å². The van der Waals surface area contributed by atoms with Crippen LogP contribution in [0.15, 0.2) is 76.8 Å². The van der Waals surface area contributed by atoms with Gasteiger partial charge in [0.2, 0.25) is 0 Å². The first kappa shape index (κ1) is 25.8. The Kier molecular flexibility index (Phi) is 7.54. The molecule has 0 aromatic heterocycles. The van der Waals surface area contributed by atoms with E-state index < -0.39 is 23.8 Å². The van der Waals surface area contributed by atoms with Gasteiger partial charge in [-0.1, -0.05) is 44.2 Å². The quantitative estimate of drug-likeness (QED) is 0.289. The maximum absolute atomic E-state index is 13.2. The SMILES string of the molecule is CC(C)c1ccc(N2C(=O)NC(=O)C(=Cc3ccc(OCc4ccc(C(=O)O)cc4)c(Br)c3)C2=O)cc1. The summed E-state index contributed by atoms with van der Waals surface area (Å²) in [7, 11) is 0. The third-order valence-electron chi connectivity index (χ3n) is 5.78. The minimum Gasteiger partial charge on any atom is -0.488 e. The molecule has 0 spiro atoms. The fourth-order valence-corrected chi connectivity index (χ4v) is 4.21. The Morgan fingerprint density at radius 3 is 2.30 bits per heavy atom. The molecule has 9 heteroatoms. The molecule has 2 N–H and O–H groups in total. The van der Waals surface area contributed by atoms with Crippen molar-refractivity contribution < 1.29 is 29.0 Å². The van der Waals surface area contributed by atoms with Gasteiger partial charge in [-0.2, -0.15) is 0 Å². The highest BCUT2D eigenvalue weighted by Crippen LogP contribution is 2.29. The van der Waals surface area contributed by atoms with E-state index in [0.29, 0.717) is 27.4 Å². The second-order valence-electron chi connectivity index (χ2n) is 8.68. The van der Waals surface area contributed by atoms with Crippen LogP contribution in [0.4, 0.5) is 10.5 Å². The molecule has 0 saturated carbocycles. The Morgan fingerprint density at radius 1 is 1.03 bits per heavy atom. The van der Waals surface area contributed by atoms with Crippen molar-refractivity contribution in [3.8, 4) is 5.75 Å². The number of carboxylic acids is 1. The molecule has 0 radical (unpaired) electrons. The van der Waals surface area contributed by atoms with Gasteiger partial charge < -0.3 is 9.84 Å². The summed E-state index contributed by atoms with van der Waals surface area (Å²) < 4.78 is 6.40. The van der Waals surface area contributed by atoms with Gasteiger partial charge in [0.15, 0.2) is 0 Å². The van der Waals surface area contributed by atoms with E-state index in [-0.39, 0.29) is 17.7 Å². The molecule has 8 nitrogen and oxygen atoms in total. The lowest BCUT2D eigenvalue weighted by atomic mass is 10.0. The summed E-state index contributed by atoms with van der Waals surface area (Å²) in [6.07, 6.45) is 1.42. The molecule has 1 aliphatic rings. The van der Waals surface area contributed by atoms with E-state index in [9.17, 15) is 19.2 Å². The standard InChI is InChI=1S/C28H23BrN2O6/c1-16(2)19-8-10-21(11-9-19)31-26(33)22(25(32)30-28(31)36)13-18-5-12-24(23(29)14-18)37-15-17-3-6-20(7-4-17)27(34)35/h3-14,16H,15H2,1-2H3,(H,34,35)(H,30,32,36). The van der Waals surface area contributed by atoms with Crippen molar-refractivity contribution in [3.05, 3.63) is 99.0 Å². The lowest BCUT2D eigenvalue weighted by molar-refractivity contribution is -0.122. The number of aromatic carboxylic acids is 1. The number of urea groups is 1. The second-order valence-corrected chi connectivity index (χ2v) is 9.54. The van der Waals surface area contributed by atoms with Crippen molar-refractivity contribution in [1.82, 2.24) is 5.32 Å². The van der Waals surface area contributed by atoms with Crippen LogP contribution >= 0.6 is 15.9 Å². The van der Waals surface area contributed by atoms with Crippen LogP contribution in [-0.2, 0) is 16.2 Å². The Balaban J connectivity index is 1.52. The predicted octanol–water partition coefficient (Wildman–Crippen LogP) is 5.52. The van der Waals surface area contributed by atoms with Gasteiger partial charge in [-0.05, 0) is 81.0 Å². The van der Waals surface area contributed by atoms with E-state index in [2.05, 4.69) is 21.2 Å². The number of hydrogen-bond donors (Lipinski definition) is 2. The van der Waals surface area contributed by atoms with E-state index >= 15 is 0 Å². The number of halogens is 1. The number of anilines is 1. The largest absolute Gasteiger partial charge is 0.488 e. The molecule has 37 heavy (non-hydrogen) atoms. The van der Waals surface area contributed by atoms with Crippen LogP contribution in [0.5, 0.6) is 5.75 Å². The number of ether oxygens (including phenoxy) is 1. The van der Waals surface area contributed by atoms with Crippen LogP contribution < -0.4 is 15.0 Å². The summed E-state index contributed by atoms with van der Waals surface area (Å²) in [4.78, 5) is 50.0. The highest BCUT2D eigenvalue weighted by Gasteiger charge is 2.36. The number of rotatable bonds is 7. The van der Waals surface area contributed by atoms with E-state index in [4.69, 9.17) is 9.84 Å². The Hall–Kier alpha value is -4.24. The third kappa shape index (κ3) is 5.78. The highest BCUT2D eigenvalue weighted by molar-refractivity contribution is 9.10. The molecule has 1 saturated heterocycles. The van der Waals surface area contributed by atoms with Crippen molar-refractivity contribution in [2.24, 2.45) is 0 Å². The number of benzene rings is 3. The minimum absolute atomic E-state index is 0.174. The molecular formula is C28H23BrN2O6. The first-order valence-electron chi connectivity index (χ1n) is 11.4. The normalized spacial score (nSPS) is 14.8. The molecule has 0 aliphatic carbocycles. The van der Waals surface area contributed by atoms with Crippen LogP contribution in [0.25, 0.3) is 6.08 Å². The summed E-state index contributed by atoms with van der Waals surface area (Å²) in [5.41, 5.74) is 2.78. The second kappa shape index (κ2) is 10.8. The van der Waals surface area contributed by atoms with Crippen LogP contribution in [-0.4, -0.2) is 28.9 Å². The van der Waals surface area contributed by atoms with Crippen molar-refractivity contribution in [2.75, 3.05) is 4.90 Å². The summed E-state index contributed by atoms with van der Waals surface area (Å²) in [5.74, 6) is -1.68. The van der Waals surface area contributed by atoms with Gasteiger partial charge in [-0.15, -0.1) is 0 Å². The maximum atomic E-state index is 13.2. The summed E-state index contributed by atoms with van der Waals surface area (Å²) in [6, 6.07) is 17.7. The molecule has 4 amide bonds. The van der Waals surface area contributed by atoms with Gasteiger partial charge in [0.25, 0.3) is 11.8 Å². The van der Waals surface area contributed by atoms with E-state index in [1.54, 1.807) is 42.5 Å². The van der Waals surface area contributed by atoms with Gasteiger partial charge in [0, 0.05) is 0 Å². The topological polar surface area (TPSA) is 113 Å². The minimum atomic E-state index is -0.999. The van der Waals surface area contributed by atoms with Gasteiger partial charge in [-0.25, -0.2) is 14.5 Å². The average Bonchev–Trinajstić information content (AvgIpc) is 2.86. The summed E-state index contributed by atoms with van der Waals surface area (Å²) in [5, 5.41) is 11.2. The number of amides is 4. The number of hydrogen-bond acceptors (Lipinski definition) is 5. The van der Waals surface area contributed by atoms with Crippen LogP contribution in [0.2, 0.25) is 0 Å². The maximum Gasteiger partial charge on any atom is 0.335 e. The summed E-state index contributed by atoms with van der Waals surface area (Å²) >= 11 is 3.44. The van der Waals surface area contributed by atoms with Gasteiger partial charge in [0.1, 0.15) is 17.9 Å². The first-order valence-corrected chi connectivity index (χ1v) is 12.2. The number of barbiturate groups is 1. The van der Waals surface area contributed by atoms with Gasteiger partial charge >= 0.3 is 12.0 Å². The molecule has 0 bridgehead atoms. The number of carboxylic acid groups (broad SMARTS) is 1. The number of imide groups is 2. The number of carbonyl (C=O) groups excluding carboxylic acids is 3. The predicted molar refractivity (Wildman–Crippen MR) is 141 cm³/mol. The number of carbonyl (C=O) groups is 4. The van der Waals surface area contributed by atoms with Gasteiger partial charge in [-0.3, -0.25) is 14.9 Å². The van der Waals surface area contributed by atoms with Crippen molar-refractivity contribution in [3.63, 3.8) is 0 Å². The van der Waals surface area contributed by atoms with E-state index in [0.717, 1.165) is 16.0 Å². The fraction of sp³-hybridized carbons (Fsp3) is 0.143. The molecule has 4 rings (SSSR count). The monoisotopic (exact) mass is 562 g/mol. The third-order valence-corrected chi connectivity index (χ3v) is 6.40. The fourth-order valence-electron chi connectivity index (χ4n) is 3.70. The highest BCUT2D eigenvalue weighted by atomic mass is 79.9. The van der Waals surface area contributed by atoms with E-state index in [1.165, 1.54) is 18.2 Å². The Labute approximate surface area is 221 Å². The molecule has 0 unspecified atom stereocenters. The zero-order valence-electron chi connectivity index (χ0n) is 20.0. The smallest absolute Gasteiger partial charge is 0.335 e. The molecule has 0 atom stereocenters. The van der Waals surface area contributed by atoms with Crippen molar-refractivity contribution >= 4 is 51.5 Å². The zero-order valence-corrected chi connectivity index (χ0v) is 21.6. The van der Waals surface area contributed by atoms with Crippen molar-refractivity contribution in [2.45, 2.75) is 26.4 Å². The molecule has 3 aromatic rings. The molecular weight excluding hydrogens is 540 g/mol. The van der Waals surface area contributed by atoms with E-state index in [1.807, 2.05) is 26.0 Å². The first-order chi connectivity index (χ1) is 17.6. The molecule has 1 fully saturated rings. The van der Waals surface area contributed by atoms with Crippen LogP contribution in [0.1, 0.15) is 46.8 Å². The molecule has 3 aromatic carbocycles. The lowest BCUT2D eigenvalue weighted by Gasteiger charge is -2.26. The Bertz CT molecular complexity index is 1410. The van der Waals surface area contributed by atoms with Crippen molar-refractivity contribution in [1.29, 1.82) is 0 Å². The molecule has 188 valence electrons. The number of nitrogens with one attached hydrogen (secondary N) is 1. The van der Waals surface area contributed by atoms with Crippen LogP contribution in [0.3, 0.4) is 0 Å². The average molecular weight is 563 g/mol. The molecule has 1 heterocycles.